The van der Waals surface area contributed by atoms with Gasteiger partial charge in [0.25, 0.3) is 0 Å². The topological polar surface area (TPSA) is 70.2 Å². The lowest BCUT2D eigenvalue weighted by atomic mass is 10.2. The van der Waals surface area contributed by atoms with Gasteiger partial charge in [-0.05, 0) is 33.1 Å². The molecule has 0 aliphatic heterocycles. The summed E-state index contributed by atoms with van der Waals surface area (Å²) in [6.45, 7) is 5.95. The minimum Gasteiger partial charge on any atom is -0.352 e. The van der Waals surface area contributed by atoms with Gasteiger partial charge in [0.1, 0.15) is 0 Å². The molecule has 0 aromatic heterocycles. The van der Waals surface area contributed by atoms with Crippen molar-refractivity contribution in [3.05, 3.63) is 0 Å². The Morgan fingerprint density at radius 1 is 1.29 bits per heavy atom. The summed E-state index contributed by atoms with van der Waals surface area (Å²) in [5.74, 6) is -0.0886. The number of carbonyl (C=O) groups is 2. The van der Waals surface area contributed by atoms with Crippen molar-refractivity contribution in [1.82, 2.24) is 16.0 Å². The van der Waals surface area contributed by atoms with Gasteiger partial charge >= 0.3 is 0 Å². The van der Waals surface area contributed by atoms with E-state index in [9.17, 15) is 9.59 Å². The summed E-state index contributed by atoms with van der Waals surface area (Å²) >= 11 is 0. The Morgan fingerprint density at radius 2 is 1.94 bits per heavy atom. The van der Waals surface area contributed by atoms with E-state index < -0.39 is 0 Å². The van der Waals surface area contributed by atoms with Crippen molar-refractivity contribution >= 4 is 11.8 Å². The molecule has 0 radical (unpaired) electrons. The largest absolute Gasteiger partial charge is 0.352 e. The van der Waals surface area contributed by atoms with E-state index in [4.69, 9.17) is 0 Å². The molecule has 3 N–H and O–H groups in total. The first-order chi connectivity index (χ1) is 8.02. The van der Waals surface area contributed by atoms with Gasteiger partial charge in [-0.15, -0.1) is 0 Å². The summed E-state index contributed by atoms with van der Waals surface area (Å²) < 4.78 is 0. The lowest BCUT2D eigenvalue weighted by Crippen LogP contribution is -2.48. The molecule has 5 nitrogen and oxygen atoms in total. The molecule has 17 heavy (non-hydrogen) atoms. The predicted octanol–water partition coefficient (Wildman–Crippen LogP) is 0.158. The van der Waals surface area contributed by atoms with E-state index in [0.717, 1.165) is 19.3 Å². The van der Waals surface area contributed by atoms with Crippen molar-refractivity contribution in [1.29, 1.82) is 0 Å². The van der Waals surface area contributed by atoms with Crippen molar-refractivity contribution in [3.8, 4) is 0 Å². The van der Waals surface area contributed by atoms with Crippen molar-refractivity contribution in [2.24, 2.45) is 0 Å². The summed E-state index contributed by atoms with van der Waals surface area (Å²) in [6, 6.07) is 0.203. The third kappa shape index (κ3) is 5.68. The maximum atomic E-state index is 11.7. The zero-order valence-corrected chi connectivity index (χ0v) is 10.9. The van der Waals surface area contributed by atoms with Gasteiger partial charge in [0.05, 0.1) is 12.6 Å². The van der Waals surface area contributed by atoms with Crippen LogP contribution in [0.15, 0.2) is 0 Å². The summed E-state index contributed by atoms with van der Waals surface area (Å²) in [6.07, 6.45) is 3.06. The summed E-state index contributed by atoms with van der Waals surface area (Å²) in [5, 5.41) is 8.66. The SMILES string of the molecule is CCC(C)NC(=O)C(C)NCC(=O)NC1CC1. The average molecular weight is 241 g/mol. The smallest absolute Gasteiger partial charge is 0.237 e. The number of carbonyl (C=O) groups excluding carboxylic acids is 2. The van der Waals surface area contributed by atoms with Crippen LogP contribution in [0.3, 0.4) is 0 Å². The molecular formula is C12H23N3O2. The van der Waals surface area contributed by atoms with Gasteiger partial charge in [0.15, 0.2) is 0 Å². The van der Waals surface area contributed by atoms with Gasteiger partial charge in [-0.25, -0.2) is 0 Å². The summed E-state index contributed by atoms with van der Waals surface area (Å²) in [5.41, 5.74) is 0. The molecular weight excluding hydrogens is 218 g/mol. The number of hydrogen-bond donors (Lipinski definition) is 3. The van der Waals surface area contributed by atoms with Crippen LogP contribution in [0.2, 0.25) is 0 Å². The quantitative estimate of drug-likeness (QED) is 0.594. The van der Waals surface area contributed by atoms with Crippen molar-refractivity contribution in [2.75, 3.05) is 6.54 Å². The second kappa shape index (κ2) is 6.59. The van der Waals surface area contributed by atoms with E-state index in [2.05, 4.69) is 16.0 Å². The molecule has 1 rings (SSSR count). The van der Waals surface area contributed by atoms with Gasteiger partial charge < -0.3 is 10.6 Å². The second-order valence-corrected chi connectivity index (χ2v) is 4.76. The molecule has 0 saturated heterocycles. The van der Waals surface area contributed by atoms with E-state index in [1.165, 1.54) is 0 Å². The molecule has 0 spiro atoms. The van der Waals surface area contributed by atoms with Gasteiger partial charge in [0, 0.05) is 12.1 Å². The predicted molar refractivity (Wildman–Crippen MR) is 66.5 cm³/mol. The highest BCUT2D eigenvalue weighted by Crippen LogP contribution is 2.18. The lowest BCUT2D eigenvalue weighted by Gasteiger charge is -2.17. The van der Waals surface area contributed by atoms with E-state index >= 15 is 0 Å². The first-order valence-corrected chi connectivity index (χ1v) is 6.36. The molecule has 2 amide bonds. The zero-order valence-electron chi connectivity index (χ0n) is 10.9. The van der Waals surface area contributed by atoms with E-state index in [1.54, 1.807) is 6.92 Å². The van der Waals surface area contributed by atoms with Crippen LogP contribution in [-0.2, 0) is 9.59 Å². The van der Waals surface area contributed by atoms with Crippen LogP contribution in [0.25, 0.3) is 0 Å². The van der Waals surface area contributed by atoms with Gasteiger partial charge in [-0.2, -0.15) is 0 Å². The lowest BCUT2D eigenvalue weighted by molar-refractivity contribution is -0.124. The molecule has 1 saturated carbocycles. The molecule has 1 fully saturated rings. The molecule has 0 aromatic rings. The normalized spacial score (nSPS) is 18.3. The highest BCUT2D eigenvalue weighted by Gasteiger charge is 2.23. The van der Waals surface area contributed by atoms with Crippen molar-refractivity contribution in [2.45, 2.75) is 58.2 Å². The Kier molecular flexibility index (Phi) is 5.41. The highest BCUT2D eigenvalue weighted by atomic mass is 16.2. The molecule has 0 heterocycles. The van der Waals surface area contributed by atoms with E-state index in [1.807, 2.05) is 13.8 Å². The van der Waals surface area contributed by atoms with Gasteiger partial charge in [-0.1, -0.05) is 6.92 Å². The van der Waals surface area contributed by atoms with Crippen molar-refractivity contribution < 1.29 is 9.59 Å². The van der Waals surface area contributed by atoms with E-state index in [0.29, 0.717) is 6.04 Å². The van der Waals surface area contributed by atoms with Crippen molar-refractivity contribution in [3.63, 3.8) is 0 Å². The Balaban J connectivity index is 2.15. The molecule has 2 unspecified atom stereocenters. The van der Waals surface area contributed by atoms with Crippen LogP contribution < -0.4 is 16.0 Å². The number of nitrogens with one attached hydrogen (secondary N) is 3. The third-order valence-electron chi connectivity index (χ3n) is 2.91. The molecule has 0 bridgehead atoms. The van der Waals surface area contributed by atoms with Crippen LogP contribution in [0.5, 0.6) is 0 Å². The monoisotopic (exact) mass is 241 g/mol. The number of amides is 2. The van der Waals surface area contributed by atoms with Crippen LogP contribution in [-0.4, -0.2) is 36.5 Å². The number of rotatable bonds is 7. The summed E-state index contributed by atoms with van der Waals surface area (Å²) in [4.78, 5) is 23.0. The van der Waals surface area contributed by atoms with Crippen LogP contribution in [0.4, 0.5) is 0 Å². The van der Waals surface area contributed by atoms with Crippen LogP contribution >= 0.6 is 0 Å². The summed E-state index contributed by atoms with van der Waals surface area (Å²) in [7, 11) is 0. The fraction of sp³-hybridized carbons (Fsp3) is 0.833. The maximum absolute atomic E-state index is 11.7. The molecule has 2 atom stereocenters. The minimum absolute atomic E-state index is 0.0318. The molecule has 1 aliphatic rings. The fourth-order valence-electron chi connectivity index (χ4n) is 1.31. The van der Waals surface area contributed by atoms with Gasteiger partial charge in [0.2, 0.25) is 11.8 Å². The molecule has 0 aromatic carbocycles. The second-order valence-electron chi connectivity index (χ2n) is 4.76. The third-order valence-corrected chi connectivity index (χ3v) is 2.91. The highest BCUT2D eigenvalue weighted by molar-refractivity contribution is 5.83. The maximum Gasteiger partial charge on any atom is 0.237 e. The van der Waals surface area contributed by atoms with Crippen LogP contribution in [0.1, 0.15) is 40.0 Å². The Labute approximate surface area is 103 Å². The standard InChI is InChI=1S/C12H23N3O2/c1-4-8(2)14-12(17)9(3)13-7-11(16)15-10-5-6-10/h8-10,13H,4-7H2,1-3H3,(H,14,17)(H,15,16). The number of hydrogen-bond acceptors (Lipinski definition) is 3. The first kappa shape index (κ1) is 14.0. The molecule has 5 heteroatoms. The Morgan fingerprint density at radius 3 is 2.47 bits per heavy atom. The first-order valence-electron chi connectivity index (χ1n) is 6.36. The minimum atomic E-state index is -0.339. The molecule has 98 valence electrons. The fourth-order valence-corrected chi connectivity index (χ4v) is 1.31. The zero-order chi connectivity index (χ0) is 12.8. The van der Waals surface area contributed by atoms with Gasteiger partial charge in [-0.3, -0.25) is 14.9 Å². The Bertz CT molecular complexity index is 277. The van der Waals surface area contributed by atoms with E-state index in [-0.39, 0.29) is 30.4 Å². The van der Waals surface area contributed by atoms with Crippen LogP contribution in [0, 0.1) is 0 Å². The average Bonchev–Trinajstić information content (AvgIpc) is 3.09. The Hall–Kier alpha value is -1.10. The molecule has 1 aliphatic carbocycles.